The highest BCUT2D eigenvalue weighted by Crippen LogP contribution is 2.33. The van der Waals surface area contributed by atoms with Gasteiger partial charge >= 0.3 is 5.97 Å². The lowest BCUT2D eigenvalue weighted by Gasteiger charge is -2.14. The van der Waals surface area contributed by atoms with E-state index in [1.165, 1.54) is 5.56 Å². The van der Waals surface area contributed by atoms with Crippen molar-refractivity contribution in [2.75, 3.05) is 20.7 Å². The number of halogens is 1. The second-order valence-electron chi connectivity index (χ2n) is 8.42. The number of carboxylic acid groups (broad SMARTS) is 1. The van der Waals surface area contributed by atoms with Gasteiger partial charge in [0.15, 0.2) is 0 Å². The number of nitrogens with zero attached hydrogens (tertiary/aromatic N) is 3. The largest absolute Gasteiger partial charge is 0.480 e. The van der Waals surface area contributed by atoms with Crippen LogP contribution in [0.1, 0.15) is 16.7 Å². The van der Waals surface area contributed by atoms with Crippen LogP contribution < -0.4 is 0 Å². The molecule has 7 nitrogen and oxygen atoms in total. The standard InChI is InChI=1S/C27H26ClN3O4/c1-17-6-4-5-7-21(17)22-11-9-19(13-20(22)16-34-3)27-29-26(30-35-27)23-10-8-18(12-24(23)28)14-31(2)15-25(32)33/h4-13H,14-16H2,1-3H3,(H,32,33). The number of methoxy groups -OCH3 is 1. The minimum Gasteiger partial charge on any atom is -0.480 e. The highest BCUT2D eigenvalue weighted by atomic mass is 35.5. The van der Waals surface area contributed by atoms with Crippen molar-refractivity contribution >= 4 is 17.6 Å². The first-order chi connectivity index (χ1) is 16.9. The summed E-state index contributed by atoms with van der Waals surface area (Å²) in [5.41, 5.74) is 6.77. The Bertz CT molecular complexity index is 1350. The fraction of sp³-hybridized carbons (Fsp3) is 0.222. The van der Waals surface area contributed by atoms with E-state index in [0.717, 1.165) is 27.8 Å². The smallest absolute Gasteiger partial charge is 0.317 e. The summed E-state index contributed by atoms with van der Waals surface area (Å²) in [6, 6.07) is 19.7. The van der Waals surface area contributed by atoms with Gasteiger partial charge in [-0.25, -0.2) is 0 Å². The Balaban J connectivity index is 1.60. The average molecular weight is 492 g/mol. The van der Waals surface area contributed by atoms with Crippen molar-refractivity contribution in [3.05, 3.63) is 82.4 Å². The SMILES string of the molecule is COCc1cc(-c2nc(-c3ccc(CN(C)CC(=O)O)cc3Cl)no2)ccc1-c1ccccc1C. The normalized spacial score (nSPS) is 11.2. The zero-order valence-electron chi connectivity index (χ0n) is 19.8. The molecular formula is C27H26ClN3O4. The van der Waals surface area contributed by atoms with E-state index in [2.05, 4.69) is 29.2 Å². The van der Waals surface area contributed by atoms with Crippen LogP contribution in [0.3, 0.4) is 0 Å². The maximum atomic E-state index is 10.9. The van der Waals surface area contributed by atoms with Crippen molar-refractivity contribution in [3.8, 4) is 34.0 Å². The lowest BCUT2D eigenvalue weighted by molar-refractivity contribution is -0.138. The number of ether oxygens (including phenoxy) is 1. The Hall–Kier alpha value is -3.52. The summed E-state index contributed by atoms with van der Waals surface area (Å²) in [5.74, 6) is -0.114. The molecule has 0 fully saturated rings. The summed E-state index contributed by atoms with van der Waals surface area (Å²) in [4.78, 5) is 17.2. The van der Waals surface area contributed by atoms with Crippen molar-refractivity contribution in [1.29, 1.82) is 0 Å². The van der Waals surface area contributed by atoms with Crippen LogP contribution in [0.2, 0.25) is 5.02 Å². The number of aromatic nitrogens is 2. The summed E-state index contributed by atoms with van der Waals surface area (Å²) in [7, 11) is 3.41. The van der Waals surface area contributed by atoms with Gasteiger partial charge in [-0.15, -0.1) is 0 Å². The molecule has 1 aromatic heterocycles. The lowest BCUT2D eigenvalue weighted by Crippen LogP contribution is -2.25. The third-order valence-electron chi connectivity index (χ3n) is 5.65. The third-order valence-corrected chi connectivity index (χ3v) is 5.96. The fourth-order valence-corrected chi connectivity index (χ4v) is 4.31. The number of carbonyl (C=O) groups is 1. The van der Waals surface area contributed by atoms with E-state index >= 15 is 0 Å². The zero-order valence-corrected chi connectivity index (χ0v) is 20.5. The Morgan fingerprint density at radius 3 is 2.57 bits per heavy atom. The van der Waals surface area contributed by atoms with Crippen LogP contribution in [0, 0.1) is 6.92 Å². The summed E-state index contributed by atoms with van der Waals surface area (Å²) in [5, 5.41) is 13.5. The maximum absolute atomic E-state index is 10.9. The number of benzene rings is 3. The third kappa shape index (κ3) is 5.77. The maximum Gasteiger partial charge on any atom is 0.317 e. The molecule has 0 radical (unpaired) electrons. The van der Waals surface area contributed by atoms with Gasteiger partial charge in [-0.05, 0) is 66.1 Å². The second kappa shape index (κ2) is 10.8. The van der Waals surface area contributed by atoms with E-state index in [9.17, 15) is 4.79 Å². The van der Waals surface area contributed by atoms with E-state index < -0.39 is 5.97 Å². The van der Waals surface area contributed by atoms with Crippen LogP contribution in [0.5, 0.6) is 0 Å². The Kier molecular flexibility index (Phi) is 7.60. The van der Waals surface area contributed by atoms with Crippen LogP contribution in [0.15, 0.2) is 65.2 Å². The van der Waals surface area contributed by atoms with Crippen molar-refractivity contribution in [1.82, 2.24) is 15.0 Å². The summed E-state index contributed by atoms with van der Waals surface area (Å²) in [6.07, 6.45) is 0. The predicted molar refractivity (Wildman–Crippen MR) is 135 cm³/mol. The molecule has 0 saturated heterocycles. The molecule has 0 bridgehead atoms. The van der Waals surface area contributed by atoms with Crippen LogP contribution in [-0.4, -0.2) is 46.8 Å². The van der Waals surface area contributed by atoms with Crippen LogP contribution in [-0.2, 0) is 22.7 Å². The number of carboxylic acids is 1. The average Bonchev–Trinajstić information content (AvgIpc) is 3.29. The molecule has 4 aromatic rings. The van der Waals surface area contributed by atoms with E-state index in [4.69, 9.17) is 26.0 Å². The Morgan fingerprint density at radius 2 is 1.86 bits per heavy atom. The number of likely N-dealkylation sites (N-methyl/N-ethyl adjacent to an activating group) is 1. The van der Waals surface area contributed by atoms with Crippen LogP contribution in [0.25, 0.3) is 34.0 Å². The number of hydrogen-bond acceptors (Lipinski definition) is 6. The molecule has 0 unspecified atom stereocenters. The summed E-state index contributed by atoms with van der Waals surface area (Å²) < 4.78 is 11.0. The quantitative estimate of drug-likeness (QED) is 0.321. The van der Waals surface area contributed by atoms with Crippen molar-refractivity contribution in [2.45, 2.75) is 20.1 Å². The molecule has 1 N–H and O–H groups in total. The fourth-order valence-electron chi connectivity index (χ4n) is 4.03. The molecule has 0 aliphatic heterocycles. The minimum absolute atomic E-state index is 0.0543. The monoisotopic (exact) mass is 491 g/mol. The first kappa shape index (κ1) is 24.6. The minimum atomic E-state index is -0.880. The van der Waals surface area contributed by atoms with Gasteiger partial charge in [-0.3, -0.25) is 9.69 Å². The highest BCUT2D eigenvalue weighted by Gasteiger charge is 2.17. The molecule has 4 rings (SSSR count). The predicted octanol–water partition coefficient (Wildman–Crippen LogP) is 5.70. The number of hydrogen-bond donors (Lipinski definition) is 1. The first-order valence-electron chi connectivity index (χ1n) is 11.1. The molecule has 0 aliphatic carbocycles. The molecule has 180 valence electrons. The van der Waals surface area contributed by atoms with Gasteiger partial charge in [0.05, 0.1) is 18.2 Å². The molecular weight excluding hydrogens is 466 g/mol. The summed E-state index contributed by atoms with van der Waals surface area (Å²) in [6.45, 7) is 2.94. The van der Waals surface area contributed by atoms with Gasteiger partial charge in [0.1, 0.15) is 0 Å². The molecule has 0 aliphatic rings. The van der Waals surface area contributed by atoms with Crippen molar-refractivity contribution in [2.24, 2.45) is 0 Å². The first-order valence-corrected chi connectivity index (χ1v) is 11.4. The number of rotatable bonds is 9. The summed E-state index contributed by atoms with van der Waals surface area (Å²) >= 11 is 6.51. The van der Waals surface area contributed by atoms with E-state index in [1.54, 1.807) is 25.1 Å². The Labute approximate surface area is 208 Å². The van der Waals surface area contributed by atoms with Gasteiger partial charge in [0.2, 0.25) is 5.82 Å². The van der Waals surface area contributed by atoms with Gasteiger partial charge in [0.25, 0.3) is 5.89 Å². The highest BCUT2D eigenvalue weighted by molar-refractivity contribution is 6.33. The molecule has 0 atom stereocenters. The zero-order chi connectivity index (χ0) is 24.9. The van der Waals surface area contributed by atoms with Gasteiger partial charge in [-0.2, -0.15) is 4.98 Å². The molecule has 0 saturated carbocycles. The Morgan fingerprint density at radius 1 is 1.09 bits per heavy atom. The van der Waals surface area contributed by atoms with Crippen molar-refractivity contribution < 1.29 is 19.2 Å². The molecule has 0 amide bonds. The number of aliphatic carboxylic acids is 1. The van der Waals surface area contributed by atoms with E-state index in [1.807, 2.05) is 42.5 Å². The molecule has 3 aromatic carbocycles. The molecule has 0 spiro atoms. The molecule has 8 heteroatoms. The topological polar surface area (TPSA) is 88.7 Å². The van der Waals surface area contributed by atoms with Gasteiger partial charge in [-0.1, -0.05) is 53.2 Å². The molecule has 35 heavy (non-hydrogen) atoms. The molecule has 1 heterocycles. The second-order valence-corrected chi connectivity index (χ2v) is 8.83. The van der Waals surface area contributed by atoms with E-state index in [0.29, 0.717) is 35.5 Å². The van der Waals surface area contributed by atoms with Crippen molar-refractivity contribution in [3.63, 3.8) is 0 Å². The van der Waals surface area contributed by atoms with Gasteiger partial charge in [0, 0.05) is 24.8 Å². The van der Waals surface area contributed by atoms with E-state index in [-0.39, 0.29) is 6.54 Å². The lowest BCUT2D eigenvalue weighted by atomic mass is 9.94. The number of aryl methyl sites for hydroxylation is 1. The van der Waals surface area contributed by atoms with Gasteiger partial charge < -0.3 is 14.4 Å². The van der Waals surface area contributed by atoms with Crippen LogP contribution in [0.4, 0.5) is 0 Å². The van der Waals surface area contributed by atoms with Crippen LogP contribution >= 0.6 is 11.6 Å².